The van der Waals surface area contributed by atoms with Gasteiger partial charge >= 0.3 is 0 Å². The largest absolute Gasteiger partial charge is 0.261 e. The van der Waals surface area contributed by atoms with Crippen LogP contribution < -0.4 is 0 Å². The topological polar surface area (TPSA) is 64.5 Å². The maximum Gasteiger partial charge on any atom is 0.161 e. The van der Waals surface area contributed by atoms with Gasteiger partial charge in [0.25, 0.3) is 0 Å². The highest BCUT2D eigenvalue weighted by molar-refractivity contribution is 6.03. The molecule has 5 heteroatoms. The van der Waals surface area contributed by atoms with Crippen LogP contribution in [0.3, 0.4) is 0 Å². The number of rotatable bonds is 1. The van der Waals surface area contributed by atoms with Gasteiger partial charge in [-0.2, -0.15) is 0 Å². The van der Waals surface area contributed by atoms with Gasteiger partial charge in [-0.25, -0.2) is 19.9 Å². The summed E-state index contributed by atoms with van der Waals surface area (Å²) in [5.74, 6) is 0.659. The fourth-order valence-electron chi connectivity index (χ4n) is 2.29. The van der Waals surface area contributed by atoms with Crippen LogP contribution >= 0.6 is 0 Å². The maximum absolute atomic E-state index is 4.67. The van der Waals surface area contributed by atoms with Crippen LogP contribution in [0.4, 0.5) is 0 Å². The molecule has 0 amide bonds. The summed E-state index contributed by atoms with van der Waals surface area (Å²) in [5.41, 5.74) is 3.61. The lowest BCUT2D eigenvalue weighted by Gasteiger charge is -2.04. The molecule has 0 bridgehead atoms. The average molecular weight is 273 g/mol. The van der Waals surface area contributed by atoms with Crippen molar-refractivity contribution in [3.8, 4) is 11.4 Å². The van der Waals surface area contributed by atoms with E-state index in [1.165, 1.54) is 0 Å². The molecule has 3 heterocycles. The highest BCUT2D eigenvalue weighted by Gasteiger charge is 2.07. The SMILES string of the molecule is Cc1ccc(-c2ncc3ccc4ncncc4c3n2)cn1. The van der Waals surface area contributed by atoms with Gasteiger partial charge in [0, 0.05) is 40.6 Å². The first-order chi connectivity index (χ1) is 10.3. The molecule has 0 atom stereocenters. The van der Waals surface area contributed by atoms with Crippen LogP contribution in [-0.2, 0) is 0 Å². The first-order valence-corrected chi connectivity index (χ1v) is 6.60. The molecule has 0 aliphatic carbocycles. The van der Waals surface area contributed by atoms with Crippen molar-refractivity contribution < 1.29 is 0 Å². The average Bonchev–Trinajstić information content (AvgIpc) is 2.55. The van der Waals surface area contributed by atoms with Crippen molar-refractivity contribution in [3.63, 3.8) is 0 Å². The van der Waals surface area contributed by atoms with Crippen molar-refractivity contribution in [2.75, 3.05) is 0 Å². The zero-order chi connectivity index (χ0) is 14.2. The first kappa shape index (κ1) is 11.8. The standard InChI is InChI=1S/C16H11N5/c1-10-2-3-12(7-18-10)16-19-6-11-4-5-14-13(15(11)21-16)8-17-9-20-14/h2-9H,1H3. The molecular formula is C16H11N5. The van der Waals surface area contributed by atoms with Gasteiger partial charge in [0.05, 0.1) is 11.0 Å². The minimum Gasteiger partial charge on any atom is -0.261 e. The van der Waals surface area contributed by atoms with E-state index in [9.17, 15) is 0 Å². The Morgan fingerprint density at radius 1 is 0.857 bits per heavy atom. The minimum absolute atomic E-state index is 0.659. The van der Waals surface area contributed by atoms with E-state index in [0.717, 1.165) is 33.1 Å². The van der Waals surface area contributed by atoms with E-state index in [-0.39, 0.29) is 0 Å². The Balaban J connectivity index is 2.00. The Morgan fingerprint density at radius 3 is 2.67 bits per heavy atom. The molecule has 5 nitrogen and oxygen atoms in total. The summed E-state index contributed by atoms with van der Waals surface area (Å²) in [6.45, 7) is 1.95. The lowest BCUT2D eigenvalue weighted by Crippen LogP contribution is -1.93. The lowest BCUT2D eigenvalue weighted by atomic mass is 10.1. The summed E-state index contributed by atoms with van der Waals surface area (Å²) in [5, 5.41) is 1.90. The van der Waals surface area contributed by atoms with E-state index in [4.69, 9.17) is 0 Å². The molecule has 3 aromatic heterocycles. The van der Waals surface area contributed by atoms with Gasteiger partial charge in [0.15, 0.2) is 5.82 Å². The number of hydrogen-bond donors (Lipinski definition) is 0. The Morgan fingerprint density at radius 2 is 1.81 bits per heavy atom. The fourth-order valence-corrected chi connectivity index (χ4v) is 2.29. The summed E-state index contributed by atoms with van der Waals surface area (Å²) >= 11 is 0. The number of hydrogen-bond acceptors (Lipinski definition) is 5. The second kappa shape index (κ2) is 4.56. The maximum atomic E-state index is 4.67. The Hall–Kier alpha value is -2.95. The molecule has 0 saturated heterocycles. The fraction of sp³-hybridized carbons (Fsp3) is 0.0625. The van der Waals surface area contributed by atoms with Gasteiger partial charge < -0.3 is 0 Å². The molecule has 21 heavy (non-hydrogen) atoms. The van der Waals surface area contributed by atoms with Crippen molar-refractivity contribution in [2.24, 2.45) is 0 Å². The number of benzene rings is 1. The van der Waals surface area contributed by atoms with Crippen molar-refractivity contribution in [2.45, 2.75) is 6.92 Å². The van der Waals surface area contributed by atoms with Gasteiger partial charge in [0.2, 0.25) is 0 Å². The summed E-state index contributed by atoms with van der Waals surface area (Å²) in [6.07, 6.45) is 6.94. The van der Waals surface area contributed by atoms with Crippen LogP contribution in [0.25, 0.3) is 33.2 Å². The molecule has 0 fully saturated rings. The van der Waals surface area contributed by atoms with Crippen LogP contribution in [0, 0.1) is 6.92 Å². The first-order valence-electron chi connectivity index (χ1n) is 6.60. The lowest BCUT2D eigenvalue weighted by molar-refractivity contribution is 1.17. The molecule has 0 spiro atoms. The Bertz CT molecular complexity index is 947. The summed E-state index contributed by atoms with van der Waals surface area (Å²) in [6, 6.07) is 7.86. The predicted molar refractivity (Wildman–Crippen MR) is 80.6 cm³/mol. The van der Waals surface area contributed by atoms with E-state index in [2.05, 4.69) is 24.9 Å². The number of nitrogens with zero attached hydrogens (tertiary/aromatic N) is 5. The smallest absolute Gasteiger partial charge is 0.161 e. The molecule has 4 aromatic rings. The van der Waals surface area contributed by atoms with Crippen LogP contribution in [-0.4, -0.2) is 24.9 Å². The van der Waals surface area contributed by atoms with Gasteiger partial charge in [-0.1, -0.05) is 0 Å². The monoisotopic (exact) mass is 273 g/mol. The second-order valence-electron chi connectivity index (χ2n) is 4.84. The molecule has 1 aromatic carbocycles. The number of pyridine rings is 1. The van der Waals surface area contributed by atoms with Crippen molar-refractivity contribution >= 4 is 21.8 Å². The summed E-state index contributed by atoms with van der Waals surface area (Å²) in [7, 11) is 0. The summed E-state index contributed by atoms with van der Waals surface area (Å²) in [4.78, 5) is 21.7. The molecule has 0 saturated carbocycles. The number of fused-ring (bicyclic) bond motifs is 3. The number of aromatic nitrogens is 5. The van der Waals surface area contributed by atoms with Crippen LogP contribution in [0.5, 0.6) is 0 Å². The third-order valence-electron chi connectivity index (χ3n) is 3.41. The van der Waals surface area contributed by atoms with E-state index in [1.54, 1.807) is 18.7 Å². The molecule has 0 aliphatic rings. The van der Waals surface area contributed by atoms with Gasteiger partial charge in [-0.3, -0.25) is 4.98 Å². The normalized spacial score (nSPS) is 11.1. The molecule has 0 aliphatic heterocycles. The predicted octanol–water partition coefficient (Wildman–Crippen LogP) is 2.94. The molecule has 0 radical (unpaired) electrons. The van der Waals surface area contributed by atoms with Crippen molar-refractivity contribution in [3.05, 3.63) is 54.9 Å². The van der Waals surface area contributed by atoms with Crippen molar-refractivity contribution in [1.82, 2.24) is 24.9 Å². The Kier molecular flexibility index (Phi) is 2.57. The van der Waals surface area contributed by atoms with E-state index < -0.39 is 0 Å². The minimum atomic E-state index is 0.659. The van der Waals surface area contributed by atoms with Gasteiger partial charge in [-0.15, -0.1) is 0 Å². The van der Waals surface area contributed by atoms with Crippen LogP contribution in [0.2, 0.25) is 0 Å². The van der Waals surface area contributed by atoms with E-state index in [1.807, 2.05) is 37.4 Å². The molecule has 100 valence electrons. The molecular weight excluding hydrogens is 262 g/mol. The van der Waals surface area contributed by atoms with E-state index in [0.29, 0.717) is 5.82 Å². The molecule has 0 unspecified atom stereocenters. The zero-order valence-corrected chi connectivity index (χ0v) is 11.4. The van der Waals surface area contributed by atoms with Crippen molar-refractivity contribution in [1.29, 1.82) is 0 Å². The third-order valence-corrected chi connectivity index (χ3v) is 3.41. The molecule has 4 rings (SSSR count). The zero-order valence-electron chi connectivity index (χ0n) is 11.4. The quantitative estimate of drug-likeness (QED) is 0.499. The van der Waals surface area contributed by atoms with Crippen LogP contribution in [0.1, 0.15) is 5.69 Å². The van der Waals surface area contributed by atoms with Gasteiger partial charge in [0.1, 0.15) is 6.33 Å². The second-order valence-corrected chi connectivity index (χ2v) is 4.84. The Labute approximate surface area is 120 Å². The summed E-state index contributed by atoms with van der Waals surface area (Å²) < 4.78 is 0. The number of aryl methyl sites for hydroxylation is 1. The highest BCUT2D eigenvalue weighted by Crippen LogP contribution is 2.23. The van der Waals surface area contributed by atoms with E-state index >= 15 is 0 Å². The third kappa shape index (κ3) is 1.99. The highest BCUT2D eigenvalue weighted by atomic mass is 14.9. The van der Waals surface area contributed by atoms with Gasteiger partial charge in [-0.05, 0) is 31.2 Å². The van der Waals surface area contributed by atoms with Crippen LogP contribution in [0.15, 0.2) is 49.2 Å². The molecule has 0 N–H and O–H groups in total.